The van der Waals surface area contributed by atoms with Crippen LogP contribution in [0.5, 0.6) is 11.9 Å². The normalized spacial score (nSPS) is 13.3. The van der Waals surface area contributed by atoms with Gasteiger partial charge in [-0.15, -0.1) is 5.10 Å². The number of likely N-dealkylation sites (N-methyl/N-ethyl adjacent to an activating group) is 1. The minimum Gasteiger partial charge on any atom is -0.476 e. The third-order valence-corrected chi connectivity index (χ3v) is 4.69. The van der Waals surface area contributed by atoms with Gasteiger partial charge in [0.05, 0.1) is 11.9 Å². The molecule has 0 saturated carbocycles. The van der Waals surface area contributed by atoms with Gasteiger partial charge in [-0.2, -0.15) is 4.98 Å². The molecule has 168 valence electrons. The van der Waals surface area contributed by atoms with E-state index >= 15 is 0 Å². The number of imidazole rings is 1. The Labute approximate surface area is 180 Å². The fourth-order valence-corrected chi connectivity index (χ4v) is 3.08. The van der Waals surface area contributed by atoms with Crippen molar-refractivity contribution in [1.29, 1.82) is 0 Å². The van der Waals surface area contributed by atoms with Crippen LogP contribution < -0.4 is 20.5 Å². The number of nitrogens with two attached hydrogens (primary N) is 1. The number of hydrogen-bond donors (Lipinski definition) is 4. The fraction of sp³-hybridized carbons (Fsp3) is 0.500. The molecule has 3 rings (SSSR count). The highest BCUT2D eigenvalue weighted by molar-refractivity contribution is 5.60. The zero-order valence-electron chi connectivity index (χ0n) is 17.7. The standard InChI is InChI=1S/C20H29N7O4/c1-3-4-14(7-9-28)31-20-25-18(21)19-24-12-15(27(19)26-20)17(29)13-5-6-16(23-11-13)30-10-8-22-2/h5-6,11-12,14,17,22,28-29H,3-4,7-10H2,1-2H3,(H2,21,25,26). The lowest BCUT2D eigenvalue weighted by Gasteiger charge is -2.17. The molecular weight excluding hydrogens is 402 g/mol. The number of ether oxygens (including phenoxy) is 2. The van der Waals surface area contributed by atoms with Gasteiger partial charge in [0.15, 0.2) is 11.5 Å². The minimum absolute atomic E-state index is 0.000894. The smallest absolute Gasteiger partial charge is 0.336 e. The molecule has 0 aliphatic carbocycles. The van der Waals surface area contributed by atoms with Gasteiger partial charge in [-0.3, -0.25) is 0 Å². The van der Waals surface area contributed by atoms with E-state index < -0.39 is 6.10 Å². The molecule has 5 N–H and O–H groups in total. The third kappa shape index (κ3) is 5.57. The fourth-order valence-electron chi connectivity index (χ4n) is 3.08. The molecule has 0 aliphatic heterocycles. The SMILES string of the molecule is CCCC(CCO)Oc1nc(N)c2ncc(C(O)c3ccc(OCCNC)nc3)n2n1. The van der Waals surface area contributed by atoms with Crippen molar-refractivity contribution in [2.45, 2.75) is 38.4 Å². The van der Waals surface area contributed by atoms with Crippen molar-refractivity contribution in [2.75, 3.05) is 32.5 Å². The summed E-state index contributed by atoms with van der Waals surface area (Å²) in [7, 11) is 1.84. The van der Waals surface area contributed by atoms with E-state index in [1.54, 1.807) is 18.3 Å². The van der Waals surface area contributed by atoms with E-state index in [9.17, 15) is 10.2 Å². The molecule has 0 amide bonds. The number of nitrogen functional groups attached to an aromatic ring is 1. The summed E-state index contributed by atoms with van der Waals surface area (Å²) in [4.78, 5) is 12.6. The van der Waals surface area contributed by atoms with Crippen LogP contribution in [-0.4, -0.2) is 67.7 Å². The van der Waals surface area contributed by atoms with Crippen molar-refractivity contribution < 1.29 is 19.7 Å². The number of fused-ring (bicyclic) bond motifs is 1. The van der Waals surface area contributed by atoms with Crippen LogP contribution in [0.2, 0.25) is 0 Å². The maximum Gasteiger partial charge on any atom is 0.336 e. The summed E-state index contributed by atoms with van der Waals surface area (Å²) in [5.74, 6) is 0.603. The number of aliphatic hydroxyl groups is 2. The van der Waals surface area contributed by atoms with Crippen LogP contribution in [0, 0.1) is 0 Å². The Balaban J connectivity index is 1.83. The number of anilines is 1. The molecule has 0 bridgehead atoms. The molecule has 2 atom stereocenters. The predicted octanol–water partition coefficient (Wildman–Crippen LogP) is 0.711. The van der Waals surface area contributed by atoms with Crippen molar-refractivity contribution in [2.24, 2.45) is 0 Å². The van der Waals surface area contributed by atoms with Gasteiger partial charge < -0.3 is 30.7 Å². The Kier molecular flexibility index (Phi) is 7.93. The van der Waals surface area contributed by atoms with Crippen LogP contribution in [0.4, 0.5) is 5.82 Å². The summed E-state index contributed by atoms with van der Waals surface area (Å²) >= 11 is 0. The van der Waals surface area contributed by atoms with Crippen molar-refractivity contribution in [3.63, 3.8) is 0 Å². The van der Waals surface area contributed by atoms with Gasteiger partial charge in [0.1, 0.15) is 18.8 Å². The number of rotatable bonds is 12. The first kappa shape index (κ1) is 22.7. The molecule has 11 heteroatoms. The van der Waals surface area contributed by atoms with Crippen molar-refractivity contribution >= 4 is 11.5 Å². The molecular formula is C20H29N7O4. The maximum atomic E-state index is 10.9. The van der Waals surface area contributed by atoms with Gasteiger partial charge in [0, 0.05) is 37.4 Å². The Morgan fingerprint density at radius 1 is 1.23 bits per heavy atom. The molecule has 3 aromatic rings. The Hall–Kier alpha value is -3.02. The Morgan fingerprint density at radius 2 is 2.06 bits per heavy atom. The minimum atomic E-state index is -1.04. The van der Waals surface area contributed by atoms with Crippen LogP contribution in [0.25, 0.3) is 5.65 Å². The molecule has 2 unspecified atom stereocenters. The molecule has 0 fully saturated rings. The second-order valence-electron chi connectivity index (χ2n) is 7.02. The van der Waals surface area contributed by atoms with E-state index in [2.05, 4.69) is 25.4 Å². The molecule has 0 saturated heterocycles. The van der Waals surface area contributed by atoms with Crippen molar-refractivity contribution in [1.82, 2.24) is 29.9 Å². The van der Waals surface area contributed by atoms with Gasteiger partial charge in [0.25, 0.3) is 0 Å². The van der Waals surface area contributed by atoms with E-state index in [0.717, 1.165) is 12.8 Å². The van der Waals surface area contributed by atoms with Crippen LogP contribution in [-0.2, 0) is 0 Å². The van der Waals surface area contributed by atoms with E-state index in [0.29, 0.717) is 42.4 Å². The summed E-state index contributed by atoms with van der Waals surface area (Å²) < 4.78 is 12.8. The van der Waals surface area contributed by atoms with Gasteiger partial charge in [-0.05, 0) is 19.5 Å². The molecule has 31 heavy (non-hydrogen) atoms. The predicted molar refractivity (Wildman–Crippen MR) is 114 cm³/mol. The van der Waals surface area contributed by atoms with Crippen LogP contribution in [0.1, 0.15) is 43.5 Å². The molecule has 3 aromatic heterocycles. The number of nitrogens with zero attached hydrogens (tertiary/aromatic N) is 5. The highest BCUT2D eigenvalue weighted by Gasteiger charge is 2.21. The van der Waals surface area contributed by atoms with Crippen molar-refractivity contribution in [3.05, 3.63) is 35.8 Å². The van der Waals surface area contributed by atoms with E-state index in [4.69, 9.17) is 15.2 Å². The lowest BCUT2D eigenvalue weighted by molar-refractivity contribution is 0.132. The number of aromatic nitrogens is 5. The largest absolute Gasteiger partial charge is 0.476 e. The first-order valence-corrected chi connectivity index (χ1v) is 10.3. The van der Waals surface area contributed by atoms with Gasteiger partial charge >= 0.3 is 6.01 Å². The summed E-state index contributed by atoms with van der Waals surface area (Å²) in [5, 5.41) is 27.5. The van der Waals surface area contributed by atoms with Crippen LogP contribution in [0.15, 0.2) is 24.5 Å². The average molecular weight is 431 g/mol. The summed E-state index contributed by atoms with van der Waals surface area (Å²) in [6, 6.07) is 3.49. The zero-order valence-corrected chi connectivity index (χ0v) is 17.7. The van der Waals surface area contributed by atoms with Gasteiger partial charge in [-0.25, -0.2) is 14.5 Å². The summed E-state index contributed by atoms with van der Waals surface area (Å²) in [6.07, 6.45) is 3.85. The average Bonchev–Trinajstić information content (AvgIpc) is 3.19. The maximum absolute atomic E-state index is 10.9. The molecule has 0 spiro atoms. The highest BCUT2D eigenvalue weighted by Crippen LogP contribution is 2.25. The second kappa shape index (κ2) is 10.8. The van der Waals surface area contributed by atoms with E-state index in [1.807, 2.05) is 14.0 Å². The molecule has 0 aromatic carbocycles. The molecule has 3 heterocycles. The van der Waals surface area contributed by atoms with E-state index in [-0.39, 0.29) is 24.5 Å². The Morgan fingerprint density at radius 3 is 2.74 bits per heavy atom. The first-order valence-electron chi connectivity index (χ1n) is 10.3. The first-order chi connectivity index (χ1) is 15.1. The highest BCUT2D eigenvalue weighted by atomic mass is 16.5. The summed E-state index contributed by atoms with van der Waals surface area (Å²) in [5.41, 5.74) is 7.29. The quantitative estimate of drug-likeness (QED) is 0.302. The van der Waals surface area contributed by atoms with Crippen LogP contribution in [0.3, 0.4) is 0 Å². The van der Waals surface area contributed by atoms with Gasteiger partial charge in [0.2, 0.25) is 5.88 Å². The summed E-state index contributed by atoms with van der Waals surface area (Å²) in [6.45, 7) is 3.23. The van der Waals surface area contributed by atoms with Crippen LogP contribution >= 0.6 is 0 Å². The Bertz CT molecular complexity index is 958. The van der Waals surface area contributed by atoms with Gasteiger partial charge in [-0.1, -0.05) is 13.3 Å². The zero-order chi connectivity index (χ0) is 22.2. The lowest BCUT2D eigenvalue weighted by Crippen LogP contribution is -2.20. The third-order valence-electron chi connectivity index (χ3n) is 4.69. The topological polar surface area (TPSA) is 153 Å². The van der Waals surface area contributed by atoms with Crippen molar-refractivity contribution in [3.8, 4) is 11.9 Å². The molecule has 0 radical (unpaired) electrons. The monoisotopic (exact) mass is 431 g/mol. The second-order valence-corrected chi connectivity index (χ2v) is 7.02. The number of nitrogens with one attached hydrogen (secondary N) is 1. The molecule has 0 aliphatic rings. The lowest BCUT2D eigenvalue weighted by atomic mass is 10.1. The number of pyridine rings is 1. The van der Waals surface area contributed by atoms with E-state index in [1.165, 1.54) is 10.7 Å². The molecule has 11 nitrogen and oxygen atoms in total. The number of hydrogen-bond acceptors (Lipinski definition) is 10. The number of aliphatic hydroxyl groups excluding tert-OH is 2.